The number of rotatable bonds is 3. The van der Waals surface area contributed by atoms with Gasteiger partial charge in [-0.05, 0) is 23.8 Å². The molecule has 1 heterocycles. The van der Waals surface area contributed by atoms with Crippen LogP contribution < -0.4 is 5.32 Å². The van der Waals surface area contributed by atoms with Gasteiger partial charge in [-0.3, -0.25) is 4.98 Å². The van der Waals surface area contributed by atoms with Crippen molar-refractivity contribution < 1.29 is 13.2 Å². The third-order valence-corrected chi connectivity index (χ3v) is 2.47. The van der Waals surface area contributed by atoms with Crippen molar-refractivity contribution in [2.24, 2.45) is 0 Å². The average molecular weight is 252 g/mol. The first-order chi connectivity index (χ1) is 8.57. The van der Waals surface area contributed by atoms with Crippen LogP contribution in [0, 0.1) is 0 Å². The molecule has 0 saturated heterocycles. The monoisotopic (exact) mass is 252 g/mol. The number of pyridine rings is 1. The number of benzene rings is 1. The number of nitrogens with zero attached hydrogens (tertiary/aromatic N) is 1. The van der Waals surface area contributed by atoms with Crippen LogP contribution in [-0.2, 0) is 12.7 Å². The molecule has 5 heteroatoms. The molecule has 0 aliphatic rings. The van der Waals surface area contributed by atoms with Crippen LogP contribution in [0.3, 0.4) is 0 Å². The van der Waals surface area contributed by atoms with Crippen LogP contribution in [0.25, 0.3) is 0 Å². The molecule has 2 rings (SSSR count). The summed E-state index contributed by atoms with van der Waals surface area (Å²) in [6.07, 6.45) is -1.15. The normalized spacial score (nSPS) is 11.3. The molecule has 94 valence electrons. The minimum Gasteiger partial charge on any atom is -0.380 e. The largest absolute Gasteiger partial charge is 0.416 e. The van der Waals surface area contributed by atoms with Gasteiger partial charge in [-0.2, -0.15) is 13.2 Å². The van der Waals surface area contributed by atoms with Crippen molar-refractivity contribution in [1.29, 1.82) is 0 Å². The number of halogens is 3. The lowest BCUT2D eigenvalue weighted by Gasteiger charge is -2.13. The molecular weight excluding hydrogens is 241 g/mol. The van der Waals surface area contributed by atoms with Crippen LogP contribution >= 0.6 is 0 Å². The minimum atomic E-state index is -4.33. The highest BCUT2D eigenvalue weighted by Gasteiger charge is 2.32. The maximum Gasteiger partial charge on any atom is 0.416 e. The van der Waals surface area contributed by atoms with E-state index in [0.717, 1.165) is 6.07 Å². The van der Waals surface area contributed by atoms with Crippen LogP contribution in [0.5, 0.6) is 0 Å². The zero-order valence-electron chi connectivity index (χ0n) is 9.41. The van der Waals surface area contributed by atoms with Gasteiger partial charge in [0.1, 0.15) is 0 Å². The Morgan fingerprint density at radius 3 is 2.50 bits per heavy atom. The molecule has 2 nitrogen and oxygen atoms in total. The molecule has 2 aromatic rings. The number of aromatic nitrogens is 1. The quantitative estimate of drug-likeness (QED) is 0.900. The zero-order chi connectivity index (χ0) is 13.0. The lowest BCUT2D eigenvalue weighted by atomic mass is 10.1. The van der Waals surface area contributed by atoms with Crippen molar-refractivity contribution in [1.82, 2.24) is 4.98 Å². The fourth-order valence-corrected chi connectivity index (χ4v) is 1.62. The van der Waals surface area contributed by atoms with E-state index in [2.05, 4.69) is 10.3 Å². The van der Waals surface area contributed by atoms with Gasteiger partial charge in [0.2, 0.25) is 0 Å². The van der Waals surface area contributed by atoms with Gasteiger partial charge < -0.3 is 5.32 Å². The summed E-state index contributed by atoms with van der Waals surface area (Å²) in [5.74, 6) is 0. The predicted molar refractivity (Wildman–Crippen MR) is 63.0 cm³/mol. The van der Waals surface area contributed by atoms with Crippen molar-refractivity contribution in [3.63, 3.8) is 0 Å². The summed E-state index contributed by atoms with van der Waals surface area (Å²) in [6, 6.07) is 9.00. The van der Waals surface area contributed by atoms with Crippen LogP contribution in [0.2, 0.25) is 0 Å². The highest BCUT2D eigenvalue weighted by Crippen LogP contribution is 2.32. The molecule has 0 bridgehead atoms. The number of hydrogen-bond donors (Lipinski definition) is 1. The Morgan fingerprint density at radius 2 is 1.83 bits per heavy atom. The number of anilines is 1. The molecule has 0 spiro atoms. The second kappa shape index (κ2) is 5.08. The second-order valence-electron chi connectivity index (χ2n) is 3.75. The predicted octanol–water partition coefficient (Wildman–Crippen LogP) is 3.71. The van der Waals surface area contributed by atoms with Crippen molar-refractivity contribution in [2.75, 3.05) is 5.32 Å². The molecule has 0 atom stereocenters. The molecule has 0 radical (unpaired) electrons. The van der Waals surface area contributed by atoms with Crippen molar-refractivity contribution in [3.05, 3.63) is 59.9 Å². The van der Waals surface area contributed by atoms with Gasteiger partial charge in [0.25, 0.3) is 0 Å². The first-order valence-corrected chi connectivity index (χ1v) is 5.36. The van der Waals surface area contributed by atoms with E-state index in [1.807, 2.05) is 0 Å². The fraction of sp³-hybridized carbons (Fsp3) is 0.154. The van der Waals surface area contributed by atoms with E-state index >= 15 is 0 Å². The average Bonchev–Trinajstić information content (AvgIpc) is 2.37. The summed E-state index contributed by atoms with van der Waals surface area (Å²) < 4.78 is 38.2. The Bertz CT molecular complexity index is 509. The number of hydrogen-bond acceptors (Lipinski definition) is 2. The summed E-state index contributed by atoms with van der Waals surface area (Å²) in [6.45, 7) is 0.112. The molecule has 1 aromatic carbocycles. The Morgan fingerprint density at radius 1 is 1.06 bits per heavy atom. The van der Waals surface area contributed by atoms with Crippen LogP contribution in [0.1, 0.15) is 11.1 Å². The van der Waals surface area contributed by atoms with Crippen LogP contribution in [0.4, 0.5) is 18.9 Å². The Balaban J connectivity index is 2.15. The molecule has 1 N–H and O–H groups in total. The zero-order valence-corrected chi connectivity index (χ0v) is 9.41. The smallest absolute Gasteiger partial charge is 0.380 e. The third-order valence-electron chi connectivity index (χ3n) is 2.47. The second-order valence-corrected chi connectivity index (χ2v) is 3.75. The highest BCUT2D eigenvalue weighted by atomic mass is 19.4. The van der Waals surface area contributed by atoms with Crippen molar-refractivity contribution in [2.45, 2.75) is 12.7 Å². The molecule has 1 aromatic heterocycles. The van der Waals surface area contributed by atoms with E-state index in [9.17, 15) is 13.2 Å². The topological polar surface area (TPSA) is 24.9 Å². The van der Waals surface area contributed by atoms with Gasteiger partial charge in [-0.15, -0.1) is 0 Å². The van der Waals surface area contributed by atoms with Crippen molar-refractivity contribution in [3.8, 4) is 0 Å². The molecule has 0 amide bonds. The van der Waals surface area contributed by atoms with Gasteiger partial charge in [0.05, 0.1) is 11.3 Å². The summed E-state index contributed by atoms with van der Waals surface area (Å²) in [5, 5.41) is 2.91. The van der Waals surface area contributed by atoms with Crippen molar-refractivity contribution >= 4 is 5.69 Å². The summed E-state index contributed by atoms with van der Waals surface area (Å²) in [5.41, 5.74) is 0.296. The summed E-state index contributed by atoms with van der Waals surface area (Å²) in [4.78, 5) is 3.88. The first kappa shape index (κ1) is 12.4. The third kappa shape index (κ3) is 3.00. The Kier molecular flexibility index (Phi) is 3.50. The van der Waals surface area contributed by atoms with E-state index in [-0.39, 0.29) is 12.1 Å². The van der Waals surface area contributed by atoms with E-state index < -0.39 is 11.7 Å². The molecular formula is C13H11F3N2. The Labute approximate surface area is 102 Å². The van der Waals surface area contributed by atoms with Gasteiger partial charge in [0.15, 0.2) is 0 Å². The lowest BCUT2D eigenvalue weighted by molar-refractivity contribution is -0.138. The molecule has 0 fully saturated rings. The maximum atomic E-state index is 12.7. The fourth-order valence-electron chi connectivity index (χ4n) is 1.62. The maximum absolute atomic E-state index is 12.7. The minimum absolute atomic E-state index is 0.112. The van der Waals surface area contributed by atoms with Crippen LogP contribution in [-0.4, -0.2) is 4.98 Å². The van der Waals surface area contributed by atoms with Gasteiger partial charge >= 0.3 is 6.18 Å². The summed E-state index contributed by atoms with van der Waals surface area (Å²) >= 11 is 0. The van der Waals surface area contributed by atoms with E-state index in [1.165, 1.54) is 12.1 Å². The van der Waals surface area contributed by atoms with Crippen LogP contribution in [0.15, 0.2) is 48.8 Å². The van der Waals surface area contributed by atoms with E-state index in [4.69, 9.17) is 0 Å². The molecule has 0 saturated carbocycles. The van der Waals surface area contributed by atoms with Gasteiger partial charge in [0, 0.05) is 18.9 Å². The van der Waals surface area contributed by atoms with E-state index in [1.54, 1.807) is 30.6 Å². The first-order valence-electron chi connectivity index (χ1n) is 5.36. The van der Waals surface area contributed by atoms with E-state index in [0.29, 0.717) is 5.69 Å². The van der Waals surface area contributed by atoms with Gasteiger partial charge in [-0.25, -0.2) is 0 Å². The lowest BCUT2D eigenvalue weighted by Crippen LogP contribution is -2.11. The molecule has 18 heavy (non-hydrogen) atoms. The molecule has 0 aliphatic carbocycles. The SMILES string of the molecule is FC(F)(F)c1ccccc1CNc1cccnc1. The molecule has 0 unspecified atom stereocenters. The highest BCUT2D eigenvalue weighted by molar-refractivity contribution is 5.42. The Hall–Kier alpha value is -2.04. The van der Waals surface area contributed by atoms with Gasteiger partial charge in [-0.1, -0.05) is 18.2 Å². The summed E-state index contributed by atoms with van der Waals surface area (Å²) in [7, 11) is 0. The standard InChI is InChI=1S/C13H11F3N2/c14-13(15,16)12-6-2-1-4-10(12)8-18-11-5-3-7-17-9-11/h1-7,9,18H,8H2. The molecule has 0 aliphatic heterocycles. The number of alkyl halides is 3. The number of nitrogens with one attached hydrogen (secondary N) is 1.